The number of rotatable bonds is 2. The van der Waals surface area contributed by atoms with E-state index in [9.17, 15) is 8.78 Å². The van der Waals surface area contributed by atoms with Gasteiger partial charge in [0.2, 0.25) is 5.92 Å². The number of halogens is 2. The Morgan fingerprint density at radius 3 is 2.75 bits per heavy atom. The lowest BCUT2D eigenvalue weighted by Crippen LogP contribution is -2.26. The fourth-order valence-corrected chi connectivity index (χ4v) is 2.07. The van der Waals surface area contributed by atoms with Crippen LogP contribution in [0.1, 0.15) is 31.2 Å². The fourth-order valence-electron chi connectivity index (χ4n) is 2.07. The van der Waals surface area contributed by atoms with Gasteiger partial charge in [-0.05, 0) is 18.8 Å². The van der Waals surface area contributed by atoms with Crippen molar-refractivity contribution < 1.29 is 8.78 Å². The molecule has 0 radical (unpaired) electrons. The molecule has 0 atom stereocenters. The van der Waals surface area contributed by atoms with Crippen LogP contribution in [0.2, 0.25) is 0 Å². The van der Waals surface area contributed by atoms with E-state index in [0.29, 0.717) is 24.9 Å². The van der Waals surface area contributed by atoms with Crippen molar-refractivity contribution in [3.8, 4) is 6.07 Å². The van der Waals surface area contributed by atoms with Crippen molar-refractivity contribution in [2.24, 2.45) is 5.92 Å². The Morgan fingerprint density at radius 1 is 1.50 bits per heavy atom. The van der Waals surface area contributed by atoms with Crippen molar-refractivity contribution in [2.45, 2.75) is 38.2 Å². The van der Waals surface area contributed by atoms with Crippen LogP contribution in [0.5, 0.6) is 0 Å². The van der Waals surface area contributed by atoms with E-state index in [0.717, 1.165) is 0 Å². The Morgan fingerprint density at radius 2 is 2.19 bits per heavy atom. The Kier molecular flexibility index (Phi) is 2.90. The lowest BCUT2D eigenvalue weighted by molar-refractivity contribution is -0.0476. The molecule has 1 fully saturated rings. The molecule has 0 N–H and O–H groups in total. The van der Waals surface area contributed by atoms with Crippen molar-refractivity contribution in [3.63, 3.8) is 0 Å². The van der Waals surface area contributed by atoms with E-state index in [1.807, 2.05) is 6.07 Å². The summed E-state index contributed by atoms with van der Waals surface area (Å²) in [6, 6.07) is 1.99. The average Bonchev–Trinajstić information content (AvgIpc) is 2.69. The fraction of sp³-hybridized carbons (Fsp3) is 0.636. The number of hydrogen-bond acceptors (Lipinski definition) is 2. The smallest absolute Gasteiger partial charge is 0.248 e. The SMILES string of the molecule is N#Cc1cnn(CC2CCC(F)(F)CC2)c1. The number of aromatic nitrogens is 2. The number of nitriles is 1. The number of hydrogen-bond donors (Lipinski definition) is 0. The molecule has 1 aromatic rings. The van der Waals surface area contributed by atoms with E-state index in [2.05, 4.69) is 5.10 Å². The summed E-state index contributed by atoms with van der Waals surface area (Å²) in [5.41, 5.74) is 0.515. The van der Waals surface area contributed by atoms with Crippen LogP contribution in [0.25, 0.3) is 0 Å². The quantitative estimate of drug-likeness (QED) is 0.776. The lowest BCUT2D eigenvalue weighted by Gasteiger charge is -2.27. The van der Waals surface area contributed by atoms with Gasteiger partial charge in [0, 0.05) is 25.6 Å². The molecule has 0 unspecified atom stereocenters. The molecule has 0 bridgehead atoms. The van der Waals surface area contributed by atoms with Gasteiger partial charge in [0.15, 0.2) is 0 Å². The van der Waals surface area contributed by atoms with Crippen LogP contribution in [0.4, 0.5) is 8.78 Å². The van der Waals surface area contributed by atoms with Gasteiger partial charge in [0.05, 0.1) is 11.8 Å². The van der Waals surface area contributed by atoms with E-state index >= 15 is 0 Å². The minimum absolute atomic E-state index is 0.0238. The highest BCUT2D eigenvalue weighted by Gasteiger charge is 2.34. The zero-order chi connectivity index (χ0) is 11.6. The van der Waals surface area contributed by atoms with Gasteiger partial charge >= 0.3 is 0 Å². The average molecular weight is 225 g/mol. The summed E-state index contributed by atoms with van der Waals surface area (Å²) in [6.07, 6.45) is 4.18. The molecule has 0 spiro atoms. The zero-order valence-corrected chi connectivity index (χ0v) is 8.87. The molecule has 1 aliphatic carbocycles. The summed E-state index contributed by atoms with van der Waals surface area (Å²) in [7, 11) is 0. The molecule has 1 aliphatic rings. The molecule has 0 aromatic carbocycles. The molecular formula is C11H13F2N3. The summed E-state index contributed by atoms with van der Waals surface area (Å²) < 4.78 is 27.5. The second kappa shape index (κ2) is 4.20. The predicted octanol–water partition coefficient (Wildman–Crippen LogP) is 2.58. The molecule has 86 valence electrons. The maximum atomic E-state index is 12.9. The van der Waals surface area contributed by atoms with Crippen molar-refractivity contribution in [2.75, 3.05) is 0 Å². The standard InChI is InChI=1S/C11H13F2N3/c12-11(13)3-1-9(2-4-11)7-16-8-10(5-14)6-15-16/h6,8-9H,1-4,7H2. The second-order valence-corrected chi connectivity index (χ2v) is 4.36. The van der Waals surface area contributed by atoms with Gasteiger partial charge in [-0.2, -0.15) is 10.4 Å². The lowest BCUT2D eigenvalue weighted by atomic mass is 9.87. The first-order chi connectivity index (χ1) is 7.59. The monoisotopic (exact) mass is 225 g/mol. The summed E-state index contributed by atoms with van der Waals surface area (Å²) in [5, 5.41) is 12.6. The Balaban J connectivity index is 1.90. The van der Waals surface area contributed by atoms with Gasteiger partial charge in [0.1, 0.15) is 6.07 Å². The normalized spacial score (nSPS) is 20.6. The summed E-state index contributed by atoms with van der Waals surface area (Å²) in [5.74, 6) is -2.22. The molecule has 5 heteroatoms. The third-order valence-corrected chi connectivity index (χ3v) is 3.04. The summed E-state index contributed by atoms with van der Waals surface area (Å²) >= 11 is 0. The second-order valence-electron chi connectivity index (χ2n) is 4.36. The van der Waals surface area contributed by atoms with Gasteiger partial charge in [-0.1, -0.05) is 0 Å². The number of alkyl halides is 2. The van der Waals surface area contributed by atoms with Crippen LogP contribution in [0.3, 0.4) is 0 Å². The highest BCUT2D eigenvalue weighted by atomic mass is 19.3. The number of nitrogens with zero attached hydrogens (tertiary/aromatic N) is 3. The first kappa shape index (κ1) is 11.1. The van der Waals surface area contributed by atoms with Gasteiger partial charge in [-0.15, -0.1) is 0 Å². The van der Waals surface area contributed by atoms with Gasteiger partial charge in [0.25, 0.3) is 0 Å². The molecule has 1 aromatic heterocycles. The topological polar surface area (TPSA) is 41.6 Å². The summed E-state index contributed by atoms with van der Waals surface area (Å²) in [4.78, 5) is 0. The molecule has 1 heterocycles. The van der Waals surface area contributed by atoms with Crippen LogP contribution in [0, 0.1) is 17.2 Å². The van der Waals surface area contributed by atoms with Gasteiger partial charge < -0.3 is 0 Å². The van der Waals surface area contributed by atoms with E-state index in [-0.39, 0.29) is 18.8 Å². The molecule has 0 amide bonds. The van der Waals surface area contributed by atoms with Crippen molar-refractivity contribution in [3.05, 3.63) is 18.0 Å². The maximum absolute atomic E-state index is 12.9. The molecule has 0 aliphatic heterocycles. The highest BCUT2D eigenvalue weighted by Crippen LogP contribution is 2.36. The van der Waals surface area contributed by atoms with Crippen LogP contribution < -0.4 is 0 Å². The Labute approximate surface area is 92.7 Å². The molecule has 2 rings (SSSR count). The largest absolute Gasteiger partial charge is 0.271 e. The van der Waals surface area contributed by atoms with Gasteiger partial charge in [-0.25, -0.2) is 8.78 Å². The van der Waals surface area contributed by atoms with Crippen LogP contribution in [-0.2, 0) is 6.54 Å². The Bertz CT molecular complexity index is 396. The molecule has 1 saturated carbocycles. The molecular weight excluding hydrogens is 212 g/mol. The first-order valence-electron chi connectivity index (χ1n) is 5.39. The van der Waals surface area contributed by atoms with E-state index in [1.54, 1.807) is 10.9 Å². The van der Waals surface area contributed by atoms with Gasteiger partial charge in [-0.3, -0.25) is 4.68 Å². The van der Waals surface area contributed by atoms with E-state index in [4.69, 9.17) is 5.26 Å². The Hall–Kier alpha value is -1.44. The molecule has 0 saturated heterocycles. The van der Waals surface area contributed by atoms with Crippen molar-refractivity contribution in [1.82, 2.24) is 9.78 Å². The van der Waals surface area contributed by atoms with Crippen molar-refractivity contribution in [1.29, 1.82) is 5.26 Å². The van der Waals surface area contributed by atoms with Crippen LogP contribution >= 0.6 is 0 Å². The third kappa shape index (κ3) is 2.57. The maximum Gasteiger partial charge on any atom is 0.248 e. The third-order valence-electron chi connectivity index (χ3n) is 3.04. The predicted molar refractivity (Wildman–Crippen MR) is 53.8 cm³/mol. The first-order valence-corrected chi connectivity index (χ1v) is 5.39. The van der Waals surface area contributed by atoms with Crippen molar-refractivity contribution >= 4 is 0 Å². The van der Waals surface area contributed by atoms with Crippen LogP contribution in [0.15, 0.2) is 12.4 Å². The van der Waals surface area contributed by atoms with E-state index < -0.39 is 5.92 Å². The molecule has 3 nitrogen and oxygen atoms in total. The zero-order valence-electron chi connectivity index (χ0n) is 8.87. The minimum Gasteiger partial charge on any atom is -0.271 e. The van der Waals surface area contributed by atoms with Crippen LogP contribution in [-0.4, -0.2) is 15.7 Å². The highest BCUT2D eigenvalue weighted by molar-refractivity contribution is 5.21. The van der Waals surface area contributed by atoms with E-state index in [1.165, 1.54) is 6.20 Å². The summed E-state index contributed by atoms with van der Waals surface area (Å²) in [6.45, 7) is 0.637. The molecule has 16 heavy (non-hydrogen) atoms. The minimum atomic E-state index is -2.47.